The first-order valence-electron chi connectivity index (χ1n) is 12.5. The normalized spacial score (nSPS) is 19.1. The molecule has 3 aromatic rings. The Morgan fingerprint density at radius 1 is 0.971 bits per heavy atom. The minimum atomic E-state index is -0.106. The molecule has 1 unspecified atom stereocenters. The second-order valence-corrected chi connectivity index (χ2v) is 10.3. The first-order valence-corrected chi connectivity index (χ1v) is 12.9. The van der Waals surface area contributed by atoms with E-state index in [9.17, 15) is 4.79 Å². The summed E-state index contributed by atoms with van der Waals surface area (Å²) in [5.74, 6) is 0.748. The summed E-state index contributed by atoms with van der Waals surface area (Å²) in [5.41, 5.74) is 5.71. The van der Waals surface area contributed by atoms with Gasteiger partial charge in [-0.25, -0.2) is 5.01 Å². The van der Waals surface area contributed by atoms with Crippen LogP contribution in [0, 0.1) is 12.8 Å². The van der Waals surface area contributed by atoms with Gasteiger partial charge in [-0.05, 0) is 74.0 Å². The minimum Gasteiger partial charge on any atom is -0.294 e. The highest BCUT2D eigenvalue weighted by Gasteiger charge is 2.34. The van der Waals surface area contributed by atoms with Crippen LogP contribution in [0.5, 0.6) is 0 Å². The van der Waals surface area contributed by atoms with E-state index in [1.165, 1.54) is 11.1 Å². The molecule has 4 nitrogen and oxygen atoms in total. The van der Waals surface area contributed by atoms with Gasteiger partial charge in [0, 0.05) is 11.4 Å². The maximum absolute atomic E-state index is 13.5. The van der Waals surface area contributed by atoms with Crippen LogP contribution in [0.2, 0.25) is 5.02 Å². The number of carbonyl (C=O) groups is 1. The van der Waals surface area contributed by atoms with Gasteiger partial charge in [0.2, 0.25) is 0 Å². The number of carbonyl (C=O) groups excluding carboxylic acids is 1. The van der Waals surface area contributed by atoms with Crippen LogP contribution in [0.15, 0.2) is 84.0 Å². The maximum Gasteiger partial charge on any atom is 0.257 e. The van der Waals surface area contributed by atoms with Gasteiger partial charge in [-0.15, -0.1) is 0 Å². The van der Waals surface area contributed by atoms with Crippen molar-refractivity contribution in [1.29, 1.82) is 0 Å². The molecule has 0 spiro atoms. The van der Waals surface area contributed by atoms with Gasteiger partial charge in [0.05, 0.1) is 18.3 Å². The zero-order chi connectivity index (χ0) is 24.2. The van der Waals surface area contributed by atoms with Crippen molar-refractivity contribution in [2.45, 2.75) is 38.6 Å². The molecule has 5 rings (SSSR count). The highest BCUT2D eigenvalue weighted by atomic mass is 35.5. The van der Waals surface area contributed by atoms with Crippen LogP contribution in [0.3, 0.4) is 0 Å². The van der Waals surface area contributed by atoms with E-state index in [0.717, 1.165) is 49.2 Å². The summed E-state index contributed by atoms with van der Waals surface area (Å²) in [6, 6.07) is 26.8. The maximum atomic E-state index is 13.5. The van der Waals surface area contributed by atoms with Crippen molar-refractivity contribution < 1.29 is 4.79 Å². The number of aryl methyl sites for hydroxylation is 1. The lowest BCUT2D eigenvalue weighted by Gasteiger charge is -2.33. The number of amides is 1. The Morgan fingerprint density at radius 2 is 1.71 bits per heavy atom. The number of likely N-dealkylation sites (tertiary alicyclic amines) is 1. The number of halogens is 1. The van der Waals surface area contributed by atoms with E-state index in [1.807, 2.05) is 24.3 Å². The molecule has 0 radical (unpaired) electrons. The Hall–Kier alpha value is -2.95. The molecule has 1 atom stereocenters. The van der Waals surface area contributed by atoms with Crippen LogP contribution in [0.25, 0.3) is 0 Å². The summed E-state index contributed by atoms with van der Waals surface area (Å²) < 4.78 is 0. The molecule has 1 amide bonds. The fraction of sp³-hybridized carbons (Fsp3) is 0.333. The lowest BCUT2D eigenvalue weighted by atomic mass is 9.90. The molecule has 5 heteroatoms. The molecule has 0 saturated carbocycles. The van der Waals surface area contributed by atoms with Gasteiger partial charge >= 0.3 is 0 Å². The Balaban J connectivity index is 1.27. The SMILES string of the molecule is Cc1cccc(C2=NN(C(=O)CN3CCC(Cc4ccccc4)CC3)C(c3ccc(Cl)cc3)C2)c1. The van der Waals surface area contributed by atoms with Crippen molar-refractivity contribution in [3.8, 4) is 0 Å². The molecule has 2 aliphatic heterocycles. The summed E-state index contributed by atoms with van der Waals surface area (Å²) in [4.78, 5) is 15.8. The van der Waals surface area contributed by atoms with Gasteiger partial charge in [0.15, 0.2) is 0 Å². The highest BCUT2D eigenvalue weighted by Crippen LogP contribution is 2.34. The summed E-state index contributed by atoms with van der Waals surface area (Å²) in [6.07, 6.45) is 4.08. The number of nitrogens with zero attached hydrogens (tertiary/aromatic N) is 3. The predicted octanol–water partition coefficient (Wildman–Crippen LogP) is 6.28. The molecule has 0 N–H and O–H groups in total. The number of hydrogen-bond acceptors (Lipinski definition) is 3. The van der Waals surface area contributed by atoms with Crippen molar-refractivity contribution in [3.63, 3.8) is 0 Å². The van der Waals surface area contributed by atoms with Gasteiger partial charge in [-0.2, -0.15) is 5.10 Å². The lowest BCUT2D eigenvalue weighted by Crippen LogP contribution is -2.42. The second-order valence-electron chi connectivity index (χ2n) is 9.84. The van der Waals surface area contributed by atoms with Crippen molar-refractivity contribution in [3.05, 3.63) is 106 Å². The number of rotatable bonds is 6. The first-order chi connectivity index (χ1) is 17.0. The lowest BCUT2D eigenvalue weighted by molar-refractivity contribution is -0.134. The smallest absolute Gasteiger partial charge is 0.257 e. The van der Waals surface area contributed by atoms with E-state index in [0.29, 0.717) is 23.9 Å². The number of hydrazone groups is 1. The van der Waals surface area contributed by atoms with E-state index in [1.54, 1.807) is 5.01 Å². The second kappa shape index (κ2) is 10.8. The molecular formula is C30H32ClN3O. The van der Waals surface area contributed by atoms with Gasteiger partial charge in [-0.3, -0.25) is 9.69 Å². The molecular weight excluding hydrogens is 454 g/mol. The Morgan fingerprint density at radius 3 is 2.43 bits per heavy atom. The summed E-state index contributed by atoms with van der Waals surface area (Å²) in [7, 11) is 0. The zero-order valence-corrected chi connectivity index (χ0v) is 21.0. The van der Waals surface area contributed by atoms with E-state index in [4.69, 9.17) is 16.7 Å². The molecule has 2 aliphatic rings. The van der Waals surface area contributed by atoms with Crippen LogP contribution in [0.1, 0.15) is 47.6 Å². The number of hydrogen-bond donors (Lipinski definition) is 0. The number of benzene rings is 3. The quantitative estimate of drug-likeness (QED) is 0.412. The van der Waals surface area contributed by atoms with Gasteiger partial charge in [-0.1, -0.05) is 83.9 Å². The monoisotopic (exact) mass is 485 g/mol. The third-order valence-corrected chi connectivity index (χ3v) is 7.46. The van der Waals surface area contributed by atoms with E-state index >= 15 is 0 Å². The number of piperidine rings is 1. The van der Waals surface area contributed by atoms with Crippen molar-refractivity contribution in [1.82, 2.24) is 9.91 Å². The summed E-state index contributed by atoms with van der Waals surface area (Å²) in [6.45, 7) is 4.40. The highest BCUT2D eigenvalue weighted by molar-refractivity contribution is 6.30. The van der Waals surface area contributed by atoms with Crippen molar-refractivity contribution in [2.24, 2.45) is 11.0 Å². The topological polar surface area (TPSA) is 35.9 Å². The minimum absolute atomic E-state index is 0.0640. The molecule has 35 heavy (non-hydrogen) atoms. The summed E-state index contributed by atoms with van der Waals surface area (Å²) in [5, 5.41) is 7.27. The zero-order valence-electron chi connectivity index (χ0n) is 20.2. The van der Waals surface area contributed by atoms with Crippen LogP contribution in [-0.4, -0.2) is 41.2 Å². The molecule has 0 bridgehead atoms. The standard InChI is InChI=1S/C30H32ClN3O/c1-22-6-5-9-26(18-22)28-20-29(25-10-12-27(31)13-11-25)34(32-28)30(35)21-33-16-14-24(15-17-33)19-23-7-3-2-4-8-23/h2-13,18,24,29H,14-17,19-21H2,1H3. The average molecular weight is 486 g/mol. The van der Waals surface area contributed by atoms with E-state index in [-0.39, 0.29) is 11.9 Å². The third-order valence-electron chi connectivity index (χ3n) is 7.21. The summed E-state index contributed by atoms with van der Waals surface area (Å²) >= 11 is 6.14. The van der Waals surface area contributed by atoms with Crippen molar-refractivity contribution in [2.75, 3.05) is 19.6 Å². The van der Waals surface area contributed by atoms with Gasteiger partial charge < -0.3 is 0 Å². The fourth-order valence-corrected chi connectivity index (χ4v) is 5.37. The molecule has 180 valence electrons. The fourth-order valence-electron chi connectivity index (χ4n) is 5.24. The van der Waals surface area contributed by atoms with Crippen LogP contribution < -0.4 is 0 Å². The molecule has 0 aliphatic carbocycles. The van der Waals surface area contributed by atoms with Crippen LogP contribution in [0.4, 0.5) is 0 Å². The Kier molecular flexibility index (Phi) is 7.31. The first kappa shape index (κ1) is 23.8. The predicted molar refractivity (Wildman–Crippen MR) is 143 cm³/mol. The molecule has 2 heterocycles. The molecule has 1 saturated heterocycles. The molecule has 1 fully saturated rings. The Bertz CT molecular complexity index is 1180. The molecule has 0 aromatic heterocycles. The van der Waals surface area contributed by atoms with Gasteiger partial charge in [0.1, 0.15) is 0 Å². The largest absolute Gasteiger partial charge is 0.294 e. The van der Waals surface area contributed by atoms with E-state index < -0.39 is 0 Å². The average Bonchev–Trinajstić information content (AvgIpc) is 3.32. The van der Waals surface area contributed by atoms with Gasteiger partial charge in [0.25, 0.3) is 5.91 Å². The van der Waals surface area contributed by atoms with E-state index in [2.05, 4.69) is 66.4 Å². The van der Waals surface area contributed by atoms with Crippen LogP contribution in [-0.2, 0) is 11.2 Å². The van der Waals surface area contributed by atoms with Crippen molar-refractivity contribution >= 4 is 23.2 Å². The Labute approximate surface area is 213 Å². The molecule has 3 aromatic carbocycles. The van der Waals surface area contributed by atoms with Crippen LogP contribution >= 0.6 is 11.6 Å². The third kappa shape index (κ3) is 5.83.